The molecule has 6 heteroatoms. The Balaban J connectivity index is 2.56. The van der Waals surface area contributed by atoms with Crippen molar-refractivity contribution in [3.8, 4) is 0 Å². The second-order valence-electron chi connectivity index (χ2n) is 4.25. The fraction of sp³-hybridized carbons (Fsp3) is 0.500. The molecule has 0 aromatic carbocycles. The van der Waals surface area contributed by atoms with E-state index < -0.39 is 11.7 Å². The van der Waals surface area contributed by atoms with Gasteiger partial charge in [-0.25, -0.2) is 14.8 Å². The lowest BCUT2D eigenvalue weighted by Gasteiger charge is -2.19. The highest BCUT2D eigenvalue weighted by atomic mass is 16.6. The van der Waals surface area contributed by atoms with E-state index >= 15 is 0 Å². The minimum absolute atomic E-state index is 0.200. The van der Waals surface area contributed by atoms with Gasteiger partial charge in [-0.15, -0.1) is 0 Å². The van der Waals surface area contributed by atoms with Crippen LogP contribution in [0.2, 0.25) is 0 Å². The first-order valence-electron chi connectivity index (χ1n) is 4.92. The Labute approximate surface area is 94.2 Å². The van der Waals surface area contributed by atoms with Crippen molar-refractivity contribution >= 4 is 12.0 Å². The fourth-order valence-corrected chi connectivity index (χ4v) is 0.920. The first-order valence-corrected chi connectivity index (χ1v) is 4.92. The van der Waals surface area contributed by atoms with Gasteiger partial charge in [0.2, 0.25) is 5.95 Å². The Hall–Kier alpha value is -1.69. The largest absolute Gasteiger partial charge is 0.444 e. The lowest BCUT2D eigenvalue weighted by atomic mass is 10.2. The van der Waals surface area contributed by atoms with Crippen molar-refractivity contribution in [2.24, 2.45) is 5.73 Å². The molecule has 0 bridgehead atoms. The predicted octanol–water partition coefficient (Wildman–Crippen LogP) is 1.28. The highest BCUT2D eigenvalue weighted by molar-refractivity contribution is 5.82. The zero-order valence-electron chi connectivity index (χ0n) is 9.65. The van der Waals surface area contributed by atoms with E-state index in [-0.39, 0.29) is 5.95 Å². The molecule has 1 heterocycles. The van der Waals surface area contributed by atoms with Gasteiger partial charge in [-0.1, -0.05) is 0 Å². The van der Waals surface area contributed by atoms with Crippen molar-refractivity contribution in [3.63, 3.8) is 0 Å². The summed E-state index contributed by atoms with van der Waals surface area (Å²) in [4.78, 5) is 19.2. The van der Waals surface area contributed by atoms with Crippen LogP contribution in [0.5, 0.6) is 0 Å². The average molecular weight is 224 g/mol. The van der Waals surface area contributed by atoms with Gasteiger partial charge in [-0.05, 0) is 20.8 Å². The van der Waals surface area contributed by atoms with Crippen LogP contribution in [0.15, 0.2) is 12.4 Å². The van der Waals surface area contributed by atoms with E-state index in [2.05, 4.69) is 15.3 Å². The van der Waals surface area contributed by atoms with Gasteiger partial charge in [0.1, 0.15) is 5.60 Å². The topological polar surface area (TPSA) is 90.1 Å². The Morgan fingerprint density at radius 1 is 1.44 bits per heavy atom. The molecule has 0 radical (unpaired) electrons. The van der Waals surface area contributed by atoms with E-state index in [4.69, 9.17) is 10.5 Å². The van der Waals surface area contributed by atoms with Crippen molar-refractivity contribution in [2.75, 3.05) is 5.32 Å². The number of hydrogen-bond acceptors (Lipinski definition) is 5. The molecule has 0 spiro atoms. The van der Waals surface area contributed by atoms with Crippen LogP contribution >= 0.6 is 0 Å². The van der Waals surface area contributed by atoms with Crippen LogP contribution < -0.4 is 11.1 Å². The number of rotatable bonds is 2. The fourth-order valence-electron chi connectivity index (χ4n) is 0.920. The summed E-state index contributed by atoms with van der Waals surface area (Å²) in [5, 5.41) is 2.43. The third kappa shape index (κ3) is 4.22. The maximum atomic E-state index is 11.3. The number of carbonyl (C=O) groups is 1. The van der Waals surface area contributed by atoms with Crippen molar-refractivity contribution in [3.05, 3.63) is 18.0 Å². The molecule has 1 aromatic rings. The van der Waals surface area contributed by atoms with E-state index in [9.17, 15) is 4.79 Å². The molecule has 1 amide bonds. The first kappa shape index (κ1) is 12.4. The average Bonchev–Trinajstić information content (AvgIpc) is 2.16. The summed E-state index contributed by atoms with van der Waals surface area (Å²) < 4.78 is 5.04. The number of carbonyl (C=O) groups excluding carboxylic acids is 1. The summed E-state index contributed by atoms with van der Waals surface area (Å²) in [6, 6.07) is 0. The van der Waals surface area contributed by atoms with E-state index in [0.29, 0.717) is 6.54 Å². The maximum Gasteiger partial charge on any atom is 0.414 e. The third-order valence-electron chi connectivity index (χ3n) is 1.55. The highest BCUT2D eigenvalue weighted by Crippen LogP contribution is 2.08. The Bertz CT molecular complexity index is 356. The Morgan fingerprint density at radius 2 is 2.00 bits per heavy atom. The number of anilines is 1. The first-order chi connectivity index (χ1) is 7.40. The molecule has 0 aliphatic heterocycles. The van der Waals surface area contributed by atoms with Crippen molar-refractivity contribution < 1.29 is 9.53 Å². The second kappa shape index (κ2) is 4.89. The molecule has 0 aliphatic carbocycles. The van der Waals surface area contributed by atoms with Gasteiger partial charge < -0.3 is 10.5 Å². The molecule has 0 atom stereocenters. The summed E-state index contributed by atoms with van der Waals surface area (Å²) in [6.07, 6.45) is 2.53. The van der Waals surface area contributed by atoms with Gasteiger partial charge >= 0.3 is 6.09 Å². The third-order valence-corrected chi connectivity index (χ3v) is 1.55. The number of hydrogen-bond donors (Lipinski definition) is 2. The van der Waals surface area contributed by atoms with Gasteiger partial charge in [-0.3, -0.25) is 5.32 Å². The van der Waals surface area contributed by atoms with Crippen LogP contribution in [-0.2, 0) is 11.3 Å². The van der Waals surface area contributed by atoms with Crippen LogP contribution in [-0.4, -0.2) is 21.7 Å². The summed E-state index contributed by atoms with van der Waals surface area (Å²) in [6.45, 7) is 5.72. The van der Waals surface area contributed by atoms with Crippen molar-refractivity contribution in [1.82, 2.24) is 9.97 Å². The van der Waals surface area contributed by atoms with E-state index in [0.717, 1.165) is 5.56 Å². The van der Waals surface area contributed by atoms with Gasteiger partial charge in [0.25, 0.3) is 0 Å². The number of ether oxygens (including phenoxy) is 1. The summed E-state index contributed by atoms with van der Waals surface area (Å²) in [5.41, 5.74) is 5.65. The number of nitrogens with zero attached hydrogens (tertiary/aromatic N) is 2. The van der Waals surface area contributed by atoms with E-state index in [1.54, 1.807) is 33.2 Å². The Morgan fingerprint density at radius 3 is 2.44 bits per heavy atom. The highest BCUT2D eigenvalue weighted by Gasteiger charge is 2.16. The molecule has 0 saturated carbocycles. The van der Waals surface area contributed by atoms with E-state index in [1.807, 2.05) is 0 Å². The molecular weight excluding hydrogens is 208 g/mol. The molecule has 1 rings (SSSR count). The normalized spacial score (nSPS) is 11.0. The summed E-state index contributed by atoms with van der Waals surface area (Å²) in [5.74, 6) is 0.200. The molecule has 0 fully saturated rings. The lowest BCUT2D eigenvalue weighted by molar-refractivity contribution is 0.0634. The minimum Gasteiger partial charge on any atom is -0.444 e. The molecule has 88 valence electrons. The van der Waals surface area contributed by atoms with E-state index in [1.165, 1.54) is 0 Å². The molecule has 3 N–H and O–H groups in total. The summed E-state index contributed by atoms with van der Waals surface area (Å²) in [7, 11) is 0. The zero-order valence-corrected chi connectivity index (χ0v) is 9.65. The van der Waals surface area contributed by atoms with Crippen LogP contribution in [0.25, 0.3) is 0 Å². The van der Waals surface area contributed by atoms with Crippen LogP contribution in [0.4, 0.5) is 10.7 Å². The number of nitrogens with two attached hydrogens (primary N) is 1. The van der Waals surface area contributed by atoms with Gasteiger partial charge in [0.15, 0.2) is 0 Å². The van der Waals surface area contributed by atoms with Crippen molar-refractivity contribution in [2.45, 2.75) is 32.9 Å². The molecule has 0 saturated heterocycles. The predicted molar refractivity (Wildman–Crippen MR) is 59.8 cm³/mol. The molecule has 1 aromatic heterocycles. The molecule has 16 heavy (non-hydrogen) atoms. The van der Waals surface area contributed by atoms with Gasteiger partial charge in [0, 0.05) is 24.5 Å². The van der Waals surface area contributed by atoms with Gasteiger partial charge in [-0.2, -0.15) is 0 Å². The molecular formula is C10H16N4O2. The monoisotopic (exact) mass is 224 g/mol. The minimum atomic E-state index is -0.576. The lowest BCUT2D eigenvalue weighted by Crippen LogP contribution is -2.27. The summed E-state index contributed by atoms with van der Waals surface area (Å²) >= 11 is 0. The maximum absolute atomic E-state index is 11.3. The molecule has 6 nitrogen and oxygen atoms in total. The quantitative estimate of drug-likeness (QED) is 0.789. The zero-order chi connectivity index (χ0) is 12.2. The number of aromatic nitrogens is 2. The SMILES string of the molecule is CC(C)(C)OC(=O)Nc1ncc(CN)cn1. The number of amides is 1. The second-order valence-corrected chi connectivity index (χ2v) is 4.25. The molecule has 0 unspecified atom stereocenters. The Kier molecular flexibility index (Phi) is 3.78. The number of nitrogens with one attached hydrogen (secondary N) is 1. The molecule has 0 aliphatic rings. The van der Waals surface area contributed by atoms with Crippen molar-refractivity contribution in [1.29, 1.82) is 0 Å². The smallest absolute Gasteiger partial charge is 0.414 e. The standard InChI is InChI=1S/C10H16N4O2/c1-10(2,3)16-9(15)14-8-12-5-7(4-11)6-13-8/h5-6H,4,11H2,1-3H3,(H,12,13,14,15). The van der Waals surface area contributed by atoms with Crippen LogP contribution in [0.1, 0.15) is 26.3 Å². The van der Waals surface area contributed by atoms with Gasteiger partial charge in [0.05, 0.1) is 0 Å². The van der Waals surface area contributed by atoms with Crippen LogP contribution in [0, 0.1) is 0 Å². The van der Waals surface area contributed by atoms with Crippen LogP contribution in [0.3, 0.4) is 0 Å².